The number of aliphatic hydroxyl groups excluding tert-OH is 1. The van der Waals surface area contributed by atoms with Crippen LogP contribution in [0.25, 0.3) is 0 Å². The highest BCUT2D eigenvalue weighted by Crippen LogP contribution is 2.43. The Morgan fingerprint density at radius 3 is 1.01 bits per heavy atom. The van der Waals surface area contributed by atoms with E-state index in [1.165, 1.54) is 0 Å². The molecule has 0 heterocycles. The Balaban J connectivity index is 4.96. The van der Waals surface area contributed by atoms with Crippen molar-refractivity contribution in [1.82, 2.24) is 0 Å². The van der Waals surface area contributed by atoms with E-state index in [-0.39, 0.29) is 19.3 Å². The van der Waals surface area contributed by atoms with Crippen molar-refractivity contribution >= 4 is 25.7 Å². The number of hydrogen-bond donors (Lipinski definition) is 2. The van der Waals surface area contributed by atoms with Gasteiger partial charge in [0.1, 0.15) is 12.7 Å². The molecular formula is C66H101O11P. The van der Waals surface area contributed by atoms with Crippen molar-refractivity contribution < 1.29 is 52.2 Å². The first-order chi connectivity index (χ1) is 38.2. The first-order valence-electron chi connectivity index (χ1n) is 29.0. The van der Waals surface area contributed by atoms with Crippen LogP contribution in [0.1, 0.15) is 188 Å². The molecule has 3 unspecified atom stereocenters. The molecule has 0 bridgehead atoms. The average molecular weight is 1100 g/mol. The van der Waals surface area contributed by atoms with Crippen LogP contribution in [-0.4, -0.2) is 66.5 Å². The largest absolute Gasteiger partial charge is 0.472 e. The number of unbranched alkanes of at least 4 members (excludes halogenated alkanes) is 6. The summed E-state index contributed by atoms with van der Waals surface area (Å²) in [4.78, 5) is 48.5. The Kier molecular flexibility index (Phi) is 54.2. The van der Waals surface area contributed by atoms with Crippen LogP contribution in [-0.2, 0) is 42.2 Å². The predicted molar refractivity (Wildman–Crippen MR) is 325 cm³/mol. The molecular weight excluding hydrogens is 1000 g/mol. The predicted octanol–water partition coefficient (Wildman–Crippen LogP) is 17.5. The maximum atomic E-state index is 12.9. The lowest BCUT2D eigenvalue weighted by Crippen LogP contribution is -2.30. The summed E-state index contributed by atoms with van der Waals surface area (Å²) in [6, 6.07) is 0. The van der Waals surface area contributed by atoms with Crippen LogP contribution in [0.15, 0.2) is 170 Å². The summed E-state index contributed by atoms with van der Waals surface area (Å²) in [6.07, 6.45) is 77.6. The number of aliphatic hydroxyl groups is 1. The molecule has 0 aromatic carbocycles. The number of ether oxygens (including phenoxy) is 3. The minimum atomic E-state index is -4.80. The SMILES string of the molecule is CC/C=C\C/C=C\C/C=C\C/C=C\C/C=C\C/C=C\CCC(=O)OC(COC(=O)CCCCC/C=C\C/C=C\C/C=C\C/C=C\C/C=C\CC)COP(=O)(O)OCC(CO)OC(=O)CCCCC/C=C\C/C=C\C/C=C\CC. The molecule has 0 radical (unpaired) electrons. The second-order valence-corrected chi connectivity index (χ2v) is 19.8. The quantitative estimate of drug-likeness (QED) is 0.0197. The van der Waals surface area contributed by atoms with Crippen molar-refractivity contribution in [3.8, 4) is 0 Å². The molecule has 0 aliphatic rings. The Morgan fingerprint density at radius 2 is 0.654 bits per heavy atom. The summed E-state index contributed by atoms with van der Waals surface area (Å²) < 4.78 is 39.4. The Morgan fingerprint density at radius 1 is 0.359 bits per heavy atom. The highest BCUT2D eigenvalue weighted by Gasteiger charge is 2.28. The summed E-state index contributed by atoms with van der Waals surface area (Å²) in [5.41, 5.74) is 0. The van der Waals surface area contributed by atoms with Gasteiger partial charge in [-0.2, -0.15) is 0 Å². The fourth-order valence-corrected chi connectivity index (χ4v) is 7.62. The van der Waals surface area contributed by atoms with E-state index in [1.54, 1.807) is 0 Å². The molecule has 0 aromatic rings. The molecule has 0 amide bonds. The van der Waals surface area contributed by atoms with Gasteiger partial charge in [0.05, 0.1) is 19.8 Å². The number of carbonyl (C=O) groups excluding carboxylic acids is 3. The van der Waals surface area contributed by atoms with Gasteiger partial charge in [-0.25, -0.2) is 4.57 Å². The Bertz CT molecular complexity index is 1960. The lowest BCUT2D eigenvalue weighted by Gasteiger charge is -2.21. The normalized spacial score (nSPS) is 14.6. The monoisotopic (exact) mass is 1100 g/mol. The maximum absolute atomic E-state index is 12.9. The zero-order valence-electron chi connectivity index (χ0n) is 48.0. The smallest absolute Gasteiger partial charge is 0.462 e. The van der Waals surface area contributed by atoms with Gasteiger partial charge in [0, 0.05) is 19.3 Å². The number of allylic oxidation sites excluding steroid dienone is 28. The zero-order valence-corrected chi connectivity index (χ0v) is 48.9. The van der Waals surface area contributed by atoms with Gasteiger partial charge in [0.2, 0.25) is 0 Å². The van der Waals surface area contributed by atoms with Crippen molar-refractivity contribution in [2.45, 2.75) is 200 Å². The average Bonchev–Trinajstić information content (AvgIpc) is 3.43. The summed E-state index contributed by atoms with van der Waals surface area (Å²) >= 11 is 0. The van der Waals surface area contributed by atoms with Gasteiger partial charge < -0.3 is 24.2 Å². The van der Waals surface area contributed by atoms with E-state index in [9.17, 15) is 28.9 Å². The fourth-order valence-electron chi connectivity index (χ4n) is 6.83. The summed E-state index contributed by atoms with van der Waals surface area (Å²) in [7, 11) is -4.80. The molecule has 12 heteroatoms. The molecule has 0 rings (SSSR count). The van der Waals surface area contributed by atoms with Crippen LogP contribution >= 0.6 is 7.82 Å². The molecule has 0 saturated heterocycles. The molecule has 0 spiro atoms. The first kappa shape index (κ1) is 72.8. The summed E-state index contributed by atoms with van der Waals surface area (Å²) in [5, 5.41) is 9.81. The Labute approximate surface area is 472 Å². The standard InChI is InChI=1S/C66H101O11P/c1-4-7-10-13-16-19-22-25-27-29-31-33-35-38-40-43-46-49-52-55-64(68)73-59-63(77-66(70)57-54-51-48-45-42-39-36-34-32-30-28-26-23-20-17-14-11-8-5-2)61-75-78(71,72)74-60-62(58-67)76-65(69)56-53-50-47-44-41-37-24-21-18-15-12-9-6-3/h7-12,16-21,25-28,31-34,37-42,48,51,62-63,67H,4-6,13-15,22-24,29-30,35-36,43-47,49-50,52-61H2,1-3H3,(H,71,72)/b10-7-,11-8-,12-9-,19-16-,20-17-,21-18-,27-25-,28-26-,33-31-,34-32-,40-38-,41-37-,42-39-,51-48-. The van der Waals surface area contributed by atoms with Crippen LogP contribution in [0.5, 0.6) is 0 Å². The lowest BCUT2D eigenvalue weighted by molar-refractivity contribution is -0.161. The van der Waals surface area contributed by atoms with E-state index < -0.39 is 64.4 Å². The van der Waals surface area contributed by atoms with Crippen molar-refractivity contribution in [3.63, 3.8) is 0 Å². The van der Waals surface area contributed by atoms with Crippen molar-refractivity contribution in [3.05, 3.63) is 170 Å². The molecule has 0 aromatic heterocycles. The van der Waals surface area contributed by atoms with E-state index in [0.717, 1.165) is 122 Å². The van der Waals surface area contributed by atoms with Gasteiger partial charge in [-0.3, -0.25) is 23.4 Å². The topological polar surface area (TPSA) is 155 Å². The fraction of sp³-hybridized carbons (Fsp3) is 0.530. The molecule has 78 heavy (non-hydrogen) atoms. The minimum Gasteiger partial charge on any atom is -0.462 e. The van der Waals surface area contributed by atoms with Gasteiger partial charge in [-0.1, -0.05) is 204 Å². The highest BCUT2D eigenvalue weighted by molar-refractivity contribution is 7.47. The van der Waals surface area contributed by atoms with E-state index >= 15 is 0 Å². The maximum Gasteiger partial charge on any atom is 0.472 e. The van der Waals surface area contributed by atoms with E-state index in [1.807, 2.05) is 12.2 Å². The summed E-state index contributed by atoms with van der Waals surface area (Å²) in [6.45, 7) is 4.11. The third-order valence-corrected chi connectivity index (χ3v) is 12.1. The zero-order chi connectivity index (χ0) is 56.9. The third kappa shape index (κ3) is 55.6. The van der Waals surface area contributed by atoms with Crippen LogP contribution in [0, 0.1) is 0 Å². The van der Waals surface area contributed by atoms with Crippen molar-refractivity contribution in [2.24, 2.45) is 0 Å². The number of esters is 3. The number of phosphoric acid groups is 1. The van der Waals surface area contributed by atoms with Crippen LogP contribution < -0.4 is 0 Å². The van der Waals surface area contributed by atoms with Gasteiger partial charge in [-0.15, -0.1) is 0 Å². The number of carbonyl (C=O) groups is 3. The number of hydrogen-bond acceptors (Lipinski definition) is 10. The van der Waals surface area contributed by atoms with Crippen molar-refractivity contribution in [1.29, 1.82) is 0 Å². The van der Waals surface area contributed by atoms with E-state index in [4.69, 9.17) is 23.3 Å². The summed E-state index contributed by atoms with van der Waals surface area (Å²) in [5.74, 6) is -1.66. The molecule has 11 nitrogen and oxygen atoms in total. The van der Waals surface area contributed by atoms with Gasteiger partial charge in [-0.05, 0) is 135 Å². The van der Waals surface area contributed by atoms with Crippen LogP contribution in [0.4, 0.5) is 0 Å². The molecule has 0 aliphatic carbocycles. The molecule has 0 aliphatic heterocycles. The van der Waals surface area contributed by atoms with Crippen molar-refractivity contribution in [2.75, 3.05) is 26.4 Å². The minimum absolute atomic E-state index is 0.0217. The van der Waals surface area contributed by atoms with Gasteiger partial charge in [0.15, 0.2) is 6.10 Å². The number of rotatable bonds is 51. The first-order valence-corrected chi connectivity index (χ1v) is 30.5. The molecule has 0 fully saturated rings. The molecule has 2 N–H and O–H groups in total. The molecule has 3 atom stereocenters. The Hall–Kier alpha value is -5.16. The van der Waals surface area contributed by atoms with Gasteiger partial charge >= 0.3 is 25.7 Å². The highest BCUT2D eigenvalue weighted by atomic mass is 31.2. The van der Waals surface area contributed by atoms with E-state index in [2.05, 4.69) is 179 Å². The van der Waals surface area contributed by atoms with Crippen LogP contribution in [0.2, 0.25) is 0 Å². The van der Waals surface area contributed by atoms with Crippen LogP contribution in [0.3, 0.4) is 0 Å². The second-order valence-electron chi connectivity index (χ2n) is 18.3. The van der Waals surface area contributed by atoms with E-state index in [0.29, 0.717) is 25.7 Å². The third-order valence-electron chi connectivity index (χ3n) is 11.1. The number of phosphoric ester groups is 1. The second kappa shape index (κ2) is 58.0. The van der Waals surface area contributed by atoms with Gasteiger partial charge in [0.25, 0.3) is 0 Å². The molecule has 436 valence electrons. The lowest BCUT2D eigenvalue weighted by atomic mass is 10.1. The molecule has 0 saturated carbocycles.